The van der Waals surface area contributed by atoms with Gasteiger partial charge in [-0.05, 0) is 106 Å². The number of aryl methyl sites for hydroxylation is 1. The number of H-pyrrole nitrogens is 1. The van der Waals surface area contributed by atoms with Crippen LogP contribution in [0.2, 0.25) is 5.02 Å². The third-order valence-corrected chi connectivity index (χ3v) is 12.4. The second-order valence-electron chi connectivity index (χ2n) is 14.6. The summed E-state index contributed by atoms with van der Waals surface area (Å²) in [5.41, 5.74) is 14.0. The van der Waals surface area contributed by atoms with Gasteiger partial charge in [0.1, 0.15) is 12.4 Å². The average Bonchev–Trinajstić information content (AvgIpc) is 3.56. The summed E-state index contributed by atoms with van der Waals surface area (Å²) in [7, 11) is 3.77. The summed E-state index contributed by atoms with van der Waals surface area (Å²) < 4.78 is 29.0. The lowest BCUT2D eigenvalue weighted by Gasteiger charge is -2.51. The maximum absolute atomic E-state index is 14.3. The molecule has 4 aromatic rings. The molecule has 2 saturated heterocycles. The zero-order chi connectivity index (χ0) is 36.0. The monoisotopic (exact) mass is 746 g/mol. The Kier molecular flexibility index (Phi) is 12.5. The number of hydrogen-bond donors (Lipinski definition) is 3. The van der Waals surface area contributed by atoms with Crippen LogP contribution in [0.15, 0.2) is 72.4 Å². The van der Waals surface area contributed by atoms with Gasteiger partial charge < -0.3 is 25.1 Å². The number of nitrogens with one attached hydrogen (secondary N) is 2. The third kappa shape index (κ3) is 8.87. The first-order valence-corrected chi connectivity index (χ1v) is 20.1. The molecule has 0 radical (unpaired) electrons. The van der Waals surface area contributed by atoms with Crippen molar-refractivity contribution in [3.63, 3.8) is 0 Å². The predicted molar refractivity (Wildman–Crippen MR) is 210 cm³/mol. The number of ether oxygens (including phenoxy) is 2. The summed E-state index contributed by atoms with van der Waals surface area (Å²) in [5.74, 6) is 2.04. The molecule has 0 saturated carbocycles. The molecule has 7 rings (SSSR count). The van der Waals surface area contributed by atoms with Gasteiger partial charge in [-0.3, -0.25) is 9.62 Å². The van der Waals surface area contributed by atoms with Gasteiger partial charge in [-0.2, -0.15) is 0 Å². The standard InChI is InChI=1S/C41H52ClFN6O2S/c1-45-52-26-27-6-11-39-35(18-27)30(23-46-39)8-7-29-20-37(44)40-21-32(29)19-34(49(40)16-17-50-2)24-48-14-12-28(13-15-48)38-4-3-5-41(47-38)51-25-31-9-10-33(42)22-36(31)43/h3-6,9-11,18,20,22-23,28,32,34,37,40,45-46H,7-8,12-17,19,21,24-26,44H2,1-2H3/t32-,34?,37?,40?/m0/s1. The Morgan fingerprint density at radius 3 is 2.73 bits per heavy atom. The van der Waals surface area contributed by atoms with Gasteiger partial charge in [0.15, 0.2) is 0 Å². The minimum absolute atomic E-state index is 0.0292. The molecule has 11 heteroatoms. The lowest BCUT2D eigenvalue weighted by Crippen LogP contribution is -2.61. The maximum Gasteiger partial charge on any atom is 0.213 e. The molecular weight excluding hydrogens is 695 g/mol. The van der Waals surface area contributed by atoms with Gasteiger partial charge in [-0.15, -0.1) is 0 Å². The minimum Gasteiger partial charge on any atom is -0.473 e. The first-order chi connectivity index (χ1) is 25.4. The summed E-state index contributed by atoms with van der Waals surface area (Å²) in [5, 5.41) is 1.71. The second-order valence-corrected chi connectivity index (χ2v) is 16.0. The molecule has 4 heterocycles. The van der Waals surface area contributed by atoms with E-state index in [1.165, 1.54) is 28.1 Å². The molecule has 1 aliphatic carbocycles. The SMILES string of the molecule is CNSCc1ccc2[nH]cc(CCC3=CC(N)C4C[C@@H]3CC(CN3CCC(c5cccc(OCc6ccc(Cl)cc6F)n5)CC3)N4CCOC)c2c1. The summed E-state index contributed by atoms with van der Waals surface area (Å²) in [6, 6.07) is 18.2. The number of aromatic amines is 1. The quantitative estimate of drug-likeness (QED) is 0.0853. The molecule has 2 fully saturated rings. The number of rotatable bonds is 15. The zero-order valence-electron chi connectivity index (χ0n) is 30.3. The molecule has 2 aromatic heterocycles. The maximum atomic E-state index is 14.3. The fourth-order valence-electron chi connectivity index (χ4n) is 8.64. The van der Waals surface area contributed by atoms with Crippen molar-refractivity contribution in [1.29, 1.82) is 0 Å². The molecule has 2 bridgehead atoms. The van der Waals surface area contributed by atoms with E-state index in [2.05, 4.69) is 56.0 Å². The summed E-state index contributed by atoms with van der Waals surface area (Å²) in [4.78, 5) is 13.7. The lowest BCUT2D eigenvalue weighted by molar-refractivity contribution is 0.00511. The van der Waals surface area contributed by atoms with E-state index >= 15 is 0 Å². The van der Waals surface area contributed by atoms with Crippen molar-refractivity contribution in [3.8, 4) is 5.88 Å². The van der Waals surface area contributed by atoms with E-state index in [1.807, 2.05) is 19.2 Å². The number of hydrogen-bond acceptors (Lipinski definition) is 8. The molecule has 0 spiro atoms. The number of pyridine rings is 1. The van der Waals surface area contributed by atoms with Gasteiger partial charge in [0.25, 0.3) is 0 Å². The Balaban J connectivity index is 0.968. The molecule has 278 valence electrons. The van der Waals surface area contributed by atoms with Crippen molar-refractivity contribution in [2.75, 3.05) is 46.9 Å². The Bertz CT molecular complexity index is 1830. The number of allylic oxidation sites excluding steroid dienone is 1. The van der Waals surface area contributed by atoms with E-state index < -0.39 is 0 Å². The molecular formula is C41H52ClFN6O2S. The van der Waals surface area contributed by atoms with Crippen molar-refractivity contribution in [1.82, 2.24) is 24.5 Å². The van der Waals surface area contributed by atoms with E-state index in [0.717, 1.165) is 76.2 Å². The van der Waals surface area contributed by atoms with Gasteiger partial charge in [-0.1, -0.05) is 53.4 Å². The Labute approximate surface area is 316 Å². The van der Waals surface area contributed by atoms with Crippen molar-refractivity contribution < 1.29 is 13.9 Å². The second kappa shape index (κ2) is 17.5. The zero-order valence-corrected chi connectivity index (χ0v) is 31.9. The smallest absolute Gasteiger partial charge is 0.213 e. The normalized spacial score (nSPS) is 22.9. The van der Waals surface area contributed by atoms with Gasteiger partial charge >= 0.3 is 0 Å². The number of nitrogens with zero attached hydrogens (tertiary/aromatic N) is 3. The first kappa shape index (κ1) is 37.4. The number of aromatic nitrogens is 2. The van der Waals surface area contributed by atoms with Crippen LogP contribution in [0.5, 0.6) is 5.88 Å². The van der Waals surface area contributed by atoms with E-state index in [-0.39, 0.29) is 18.5 Å². The van der Waals surface area contributed by atoms with Crippen LogP contribution in [0.1, 0.15) is 60.4 Å². The van der Waals surface area contributed by atoms with Crippen LogP contribution in [-0.4, -0.2) is 84.8 Å². The molecule has 8 nitrogen and oxygen atoms in total. The predicted octanol–water partition coefficient (Wildman–Crippen LogP) is 7.48. The Morgan fingerprint density at radius 1 is 1.06 bits per heavy atom. The fraction of sp³-hybridized carbons (Fsp3) is 0.488. The number of likely N-dealkylation sites (tertiary alicyclic amines) is 2. The summed E-state index contributed by atoms with van der Waals surface area (Å²) >= 11 is 7.63. The van der Waals surface area contributed by atoms with Crippen molar-refractivity contribution in [2.24, 2.45) is 11.7 Å². The number of piperidine rings is 2. The highest BCUT2D eigenvalue weighted by Crippen LogP contribution is 2.41. The van der Waals surface area contributed by atoms with Gasteiger partial charge in [0.2, 0.25) is 5.88 Å². The van der Waals surface area contributed by atoms with Crippen molar-refractivity contribution >= 4 is 34.5 Å². The number of benzene rings is 2. The molecule has 4 atom stereocenters. The molecule has 52 heavy (non-hydrogen) atoms. The van der Waals surface area contributed by atoms with Crippen LogP contribution in [0.4, 0.5) is 4.39 Å². The molecule has 2 aliphatic heterocycles. The number of nitrogens with two attached hydrogens (primary N) is 1. The number of methoxy groups -OCH3 is 1. The molecule has 0 amide bonds. The van der Waals surface area contributed by atoms with Crippen LogP contribution >= 0.6 is 23.5 Å². The van der Waals surface area contributed by atoms with Crippen LogP contribution in [0.25, 0.3) is 10.9 Å². The van der Waals surface area contributed by atoms with Crippen LogP contribution in [0, 0.1) is 11.7 Å². The molecule has 4 N–H and O–H groups in total. The largest absolute Gasteiger partial charge is 0.473 e. The summed E-state index contributed by atoms with van der Waals surface area (Å²) in [6.45, 7) is 4.84. The summed E-state index contributed by atoms with van der Waals surface area (Å²) in [6.07, 6.45) is 11.1. The lowest BCUT2D eigenvalue weighted by atomic mass is 9.72. The van der Waals surface area contributed by atoms with Crippen LogP contribution in [-0.2, 0) is 23.5 Å². The van der Waals surface area contributed by atoms with E-state index in [9.17, 15) is 4.39 Å². The van der Waals surface area contributed by atoms with E-state index in [0.29, 0.717) is 47.0 Å². The Hall–Kier alpha value is -2.96. The van der Waals surface area contributed by atoms with Gasteiger partial charge in [0.05, 0.1) is 6.61 Å². The topological polar surface area (TPSA) is 91.7 Å². The van der Waals surface area contributed by atoms with Crippen LogP contribution < -0.4 is 15.2 Å². The highest BCUT2D eigenvalue weighted by Gasteiger charge is 2.42. The number of halogens is 2. The van der Waals surface area contributed by atoms with Crippen LogP contribution in [0.3, 0.4) is 0 Å². The van der Waals surface area contributed by atoms with Crippen molar-refractivity contribution in [3.05, 3.63) is 106 Å². The number of fused-ring (bicyclic) bond motifs is 3. The molecule has 2 aromatic carbocycles. The third-order valence-electron chi connectivity index (χ3n) is 11.4. The highest BCUT2D eigenvalue weighted by molar-refractivity contribution is 7.96. The molecule has 3 aliphatic rings. The van der Waals surface area contributed by atoms with E-state index in [4.69, 9.17) is 31.8 Å². The van der Waals surface area contributed by atoms with E-state index in [1.54, 1.807) is 36.8 Å². The van der Waals surface area contributed by atoms with Crippen molar-refractivity contribution in [2.45, 2.75) is 74.9 Å². The minimum atomic E-state index is -0.369. The molecule has 3 unspecified atom stereocenters. The van der Waals surface area contributed by atoms with Gasteiger partial charge in [-0.25, -0.2) is 9.37 Å². The highest BCUT2D eigenvalue weighted by atomic mass is 35.5. The average molecular weight is 747 g/mol. The first-order valence-electron chi connectivity index (χ1n) is 18.7. The Morgan fingerprint density at radius 2 is 1.92 bits per heavy atom. The fourth-order valence-corrected chi connectivity index (χ4v) is 9.29. The van der Waals surface area contributed by atoms with Gasteiger partial charge in [0, 0.05) is 89.4 Å².